The summed E-state index contributed by atoms with van der Waals surface area (Å²) in [6.07, 6.45) is 0. The number of anilines is 1. The monoisotopic (exact) mass is 375 g/mol. The third kappa shape index (κ3) is 3.42. The number of hydrogen-bond acceptors (Lipinski definition) is 3. The molecule has 0 fully saturated rings. The van der Waals surface area contributed by atoms with Gasteiger partial charge >= 0.3 is 0 Å². The zero-order chi connectivity index (χ0) is 19.7. The number of nitrogens with zero attached hydrogens (tertiary/aromatic N) is 4. The second-order valence-corrected chi connectivity index (χ2v) is 6.43. The van der Waals surface area contributed by atoms with Crippen molar-refractivity contribution in [2.45, 2.75) is 13.8 Å². The van der Waals surface area contributed by atoms with Gasteiger partial charge in [-0.05, 0) is 56.3 Å². The van der Waals surface area contributed by atoms with Crippen molar-refractivity contribution >= 4 is 11.7 Å². The van der Waals surface area contributed by atoms with Gasteiger partial charge in [-0.25, -0.2) is 13.8 Å². The lowest BCUT2D eigenvalue weighted by Gasteiger charge is -2.08. The first kappa shape index (κ1) is 17.7. The van der Waals surface area contributed by atoms with E-state index in [9.17, 15) is 9.18 Å². The molecular weight excluding hydrogens is 357 g/mol. The predicted molar refractivity (Wildman–Crippen MR) is 105 cm³/mol. The van der Waals surface area contributed by atoms with Crippen LogP contribution in [0, 0.1) is 19.7 Å². The van der Waals surface area contributed by atoms with Gasteiger partial charge in [0.05, 0.1) is 17.1 Å². The van der Waals surface area contributed by atoms with Crippen LogP contribution in [-0.4, -0.2) is 25.5 Å². The Labute approximate surface area is 161 Å². The van der Waals surface area contributed by atoms with E-state index in [2.05, 4.69) is 15.5 Å². The largest absolute Gasteiger partial charge is 0.305 e. The van der Waals surface area contributed by atoms with Gasteiger partial charge in [0, 0.05) is 11.8 Å². The normalized spacial score (nSPS) is 10.8. The third-order valence-electron chi connectivity index (χ3n) is 4.27. The summed E-state index contributed by atoms with van der Waals surface area (Å²) in [7, 11) is 0. The zero-order valence-corrected chi connectivity index (χ0v) is 15.4. The smallest absolute Gasteiger partial charge is 0.277 e. The zero-order valence-electron chi connectivity index (χ0n) is 15.4. The van der Waals surface area contributed by atoms with E-state index in [4.69, 9.17) is 0 Å². The molecule has 1 amide bonds. The molecule has 0 aliphatic carbocycles. The molecular formula is C21H18FN5O. The summed E-state index contributed by atoms with van der Waals surface area (Å²) in [5, 5.41) is 11.6. The van der Waals surface area contributed by atoms with Gasteiger partial charge in [0.2, 0.25) is 0 Å². The van der Waals surface area contributed by atoms with Crippen molar-refractivity contribution in [3.05, 3.63) is 89.6 Å². The Morgan fingerprint density at radius 1 is 0.893 bits per heavy atom. The predicted octanol–water partition coefficient (Wildman–Crippen LogP) is 4.07. The average molecular weight is 375 g/mol. The van der Waals surface area contributed by atoms with Crippen molar-refractivity contribution in [3.8, 4) is 11.4 Å². The van der Waals surface area contributed by atoms with E-state index in [-0.39, 0.29) is 11.7 Å². The minimum Gasteiger partial charge on any atom is -0.305 e. The number of aryl methyl sites for hydroxylation is 2. The SMILES string of the molecule is Cc1cc(NC(=O)c2cc(C)n(-c3ccccc3)n2)n(-c2ccc(F)cc2)n1. The summed E-state index contributed by atoms with van der Waals surface area (Å²) in [5.41, 5.74) is 3.40. The van der Waals surface area contributed by atoms with Crippen LogP contribution in [0.15, 0.2) is 66.7 Å². The van der Waals surface area contributed by atoms with Crippen LogP contribution >= 0.6 is 0 Å². The second-order valence-electron chi connectivity index (χ2n) is 6.43. The molecule has 1 N–H and O–H groups in total. The van der Waals surface area contributed by atoms with Crippen molar-refractivity contribution in [3.63, 3.8) is 0 Å². The first-order valence-corrected chi connectivity index (χ1v) is 8.77. The summed E-state index contributed by atoms with van der Waals surface area (Å²) in [5.74, 6) is -0.192. The number of nitrogens with one attached hydrogen (secondary N) is 1. The fraction of sp³-hybridized carbons (Fsp3) is 0.0952. The van der Waals surface area contributed by atoms with Gasteiger partial charge in [-0.1, -0.05) is 18.2 Å². The molecule has 0 atom stereocenters. The van der Waals surface area contributed by atoms with Gasteiger partial charge in [-0.3, -0.25) is 4.79 Å². The van der Waals surface area contributed by atoms with Crippen LogP contribution in [0.25, 0.3) is 11.4 Å². The maximum atomic E-state index is 13.2. The van der Waals surface area contributed by atoms with E-state index >= 15 is 0 Å². The molecule has 0 aliphatic rings. The third-order valence-corrected chi connectivity index (χ3v) is 4.27. The number of carbonyl (C=O) groups is 1. The number of halogens is 1. The first-order chi connectivity index (χ1) is 13.5. The number of benzene rings is 2. The van der Waals surface area contributed by atoms with E-state index in [1.807, 2.05) is 44.2 Å². The van der Waals surface area contributed by atoms with E-state index in [1.165, 1.54) is 12.1 Å². The standard InChI is InChI=1S/C21H18FN5O/c1-14-12-20(27(24-14)18-10-8-16(22)9-11-18)23-21(28)19-13-15(2)26(25-19)17-6-4-3-5-7-17/h3-13H,1-2H3,(H,23,28). The average Bonchev–Trinajstić information content (AvgIpc) is 3.26. The lowest BCUT2D eigenvalue weighted by molar-refractivity contribution is 0.102. The molecule has 0 spiro atoms. The highest BCUT2D eigenvalue weighted by Gasteiger charge is 2.16. The Kier molecular flexibility index (Phi) is 4.49. The lowest BCUT2D eigenvalue weighted by atomic mass is 10.3. The Morgan fingerprint density at radius 3 is 2.29 bits per heavy atom. The molecule has 0 unspecified atom stereocenters. The minimum absolute atomic E-state index is 0.297. The van der Waals surface area contributed by atoms with Crippen LogP contribution in [0.4, 0.5) is 10.2 Å². The highest BCUT2D eigenvalue weighted by Crippen LogP contribution is 2.19. The molecule has 0 bridgehead atoms. The second kappa shape index (κ2) is 7.11. The molecule has 140 valence electrons. The lowest BCUT2D eigenvalue weighted by Crippen LogP contribution is -2.16. The Hall–Kier alpha value is -3.74. The Balaban J connectivity index is 1.62. The highest BCUT2D eigenvalue weighted by atomic mass is 19.1. The van der Waals surface area contributed by atoms with Crippen molar-refractivity contribution in [2.24, 2.45) is 0 Å². The van der Waals surface area contributed by atoms with Crippen molar-refractivity contribution in [2.75, 3.05) is 5.32 Å². The minimum atomic E-state index is -0.346. The van der Waals surface area contributed by atoms with Crippen LogP contribution in [0.5, 0.6) is 0 Å². The molecule has 2 aromatic heterocycles. The van der Waals surface area contributed by atoms with Gasteiger partial charge in [-0.15, -0.1) is 0 Å². The van der Waals surface area contributed by atoms with E-state index in [0.29, 0.717) is 17.2 Å². The number of rotatable bonds is 4. The molecule has 0 radical (unpaired) electrons. The Morgan fingerprint density at radius 2 is 1.57 bits per heavy atom. The summed E-state index contributed by atoms with van der Waals surface area (Å²) >= 11 is 0. The van der Waals surface area contributed by atoms with Crippen molar-refractivity contribution in [1.29, 1.82) is 0 Å². The summed E-state index contributed by atoms with van der Waals surface area (Å²) in [6.45, 7) is 3.72. The Bertz CT molecular complexity index is 1130. The summed E-state index contributed by atoms with van der Waals surface area (Å²) in [6, 6.07) is 19.0. The molecule has 0 aliphatic heterocycles. The molecule has 2 aromatic carbocycles. The van der Waals surface area contributed by atoms with Crippen molar-refractivity contribution in [1.82, 2.24) is 19.6 Å². The molecule has 4 aromatic rings. The maximum Gasteiger partial charge on any atom is 0.277 e. The van der Waals surface area contributed by atoms with Crippen LogP contribution in [0.3, 0.4) is 0 Å². The van der Waals surface area contributed by atoms with E-state index in [0.717, 1.165) is 17.1 Å². The first-order valence-electron chi connectivity index (χ1n) is 8.77. The molecule has 6 nitrogen and oxygen atoms in total. The van der Waals surface area contributed by atoms with E-state index in [1.54, 1.807) is 33.6 Å². The molecule has 7 heteroatoms. The van der Waals surface area contributed by atoms with Crippen LogP contribution in [-0.2, 0) is 0 Å². The van der Waals surface area contributed by atoms with Crippen molar-refractivity contribution < 1.29 is 9.18 Å². The maximum absolute atomic E-state index is 13.2. The van der Waals surface area contributed by atoms with Gasteiger partial charge in [-0.2, -0.15) is 10.2 Å². The highest BCUT2D eigenvalue weighted by molar-refractivity contribution is 6.02. The quantitative estimate of drug-likeness (QED) is 0.585. The van der Waals surface area contributed by atoms with Crippen LogP contribution < -0.4 is 5.32 Å². The fourth-order valence-electron chi connectivity index (χ4n) is 2.96. The van der Waals surface area contributed by atoms with Gasteiger partial charge < -0.3 is 5.32 Å². The molecule has 0 saturated carbocycles. The number of aromatic nitrogens is 4. The number of carbonyl (C=O) groups excluding carboxylic acids is 1. The number of para-hydroxylation sites is 1. The molecule has 0 saturated heterocycles. The number of amides is 1. The molecule has 2 heterocycles. The number of hydrogen-bond donors (Lipinski definition) is 1. The topological polar surface area (TPSA) is 64.7 Å². The van der Waals surface area contributed by atoms with E-state index < -0.39 is 0 Å². The van der Waals surface area contributed by atoms with Gasteiger partial charge in [0.25, 0.3) is 5.91 Å². The van der Waals surface area contributed by atoms with Crippen LogP contribution in [0.1, 0.15) is 21.9 Å². The molecule has 4 rings (SSSR count). The van der Waals surface area contributed by atoms with Crippen LogP contribution in [0.2, 0.25) is 0 Å². The van der Waals surface area contributed by atoms with Gasteiger partial charge in [0.15, 0.2) is 5.69 Å². The van der Waals surface area contributed by atoms with Gasteiger partial charge in [0.1, 0.15) is 11.6 Å². The fourth-order valence-corrected chi connectivity index (χ4v) is 2.96. The molecule has 28 heavy (non-hydrogen) atoms. The summed E-state index contributed by atoms with van der Waals surface area (Å²) < 4.78 is 16.5. The summed E-state index contributed by atoms with van der Waals surface area (Å²) in [4.78, 5) is 12.8.